The number of nitrogens with one attached hydrogen (secondary N) is 1. The van der Waals surface area contributed by atoms with Gasteiger partial charge in [-0.2, -0.15) is 4.31 Å². The molecule has 0 aliphatic carbocycles. The van der Waals surface area contributed by atoms with Crippen molar-refractivity contribution in [3.05, 3.63) is 81.1 Å². The van der Waals surface area contributed by atoms with Gasteiger partial charge in [0, 0.05) is 43.0 Å². The summed E-state index contributed by atoms with van der Waals surface area (Å²) in [6.45, 7) is 1.25. The standard InChI is InChI=1S/C22H20BrN3O5S/c23-20-9-8-19(31-20)22(28)24-16-4-6-17(7-5-16)32(29,30)25-11-14-10-15(13-25)18-2-1-3-21(27)26(18)12-14/h1-9,14-15H,10-13H2,(H,24,28). The van der Waals surface area contributed by atoms with Crippen LogP contribution in [0.15, 0.2) is 73.4 Å². The van der Waals surface area contributed by atoms with Crippen LogP contribution >= 0.6 is 15.9 Å². The highest BCUT2D eigenvalue weighted by Gasteiger charge is 2.39. The number of pyridine rings is 1. The zero-order chi connectivity index (χ0) is 22.5. The number of hydrogen-bond donors (Lipinski definition) is 1. The van der Waals surface area contributed by atoms with E-state index < -0.39 is 15.9 Å². The predicted octanol–water partition coefficient (Wildman–Crippen LogP) is 3.26. The predicted molar refractivity (Wildman–Crippen MR) is 121 cm³/mol. The van der Waals surface area contributed by atoms with E-state index in [-0.39, 0.29) is 28.1 Å². The van der Waals surface area contributed by atoms with Crippen molar-refractivity contribution in [2.75, 3.05) is 18.4 Å². The van der Waals surface area contributed by atoms with Crippen molar-refractivity contribution in [2.24, 2.45) is 5.92 Å². The molecule has 32 heavy (non-hydrogen) atoms. The number of carbonyl (C=O) groups is 1. The van der Waals surface area contributed by atoms with Crippen molar-refractivity contribution in [2.45, 2.75) is 23.8 Å². The van der Waals surface area contributed by atoms with E-state index in [4.69, 9.17) is 4.42 Å². The van der Waals surface area contributed by atoms with Gasteiger partial charge in [0.2, 0.25) is 10.0 Å². The second kappa shape index (κ2) is 8.02. The van der Waals surface area contributed by atoms with E-state index in [0.717, 1.165) is 12.1 Å². The first kappa shape index (κ1) is 21.2. The summed E-state index contributed by atoms with van der Waals surface area (Å²) < 4.78 is 35.6. The van der Waals surface area contributed by atoms with Crippen LogP contribution in [-0.4, -0.2) is 36.3 Å². The fourth-order valence-electron chi connectivity index (χ4n) is 4.54. The number of amides is 1. The minimum Gasteiger partial charge on any atom is -0.444 e. The smallest absolute Gasteiger partial charge is 0.291 e. The largest absolute Gasteiger partial charge is 0.444 e. The maximum atomic E-state index is 13.3. The zero-order valence-corrected chi connectivity index (χ0v) is 19.3. The maximum Gasteiger partial charge on any atom is 0.291 e. The normalized spacial score (nSPS) is 20.5. The molecule has 1 amide bonds. The number of hydrogen-bond acceptors (Lipinski definition) is 5. The van der Waals surface area contributed by atoms with E-state index in [2.05, 4.69) is 21.2 Å². The molecule has 1 aromatic carbocycles. The van der Waals surface area contributed by atoms with E-state index in [1.165, 1.54) is 22.5 Å². The summed E-state index contributed by atoms with van der Waals surface area (Å²) in [4.78, 5) is 24.6. The Morgan fingerprint density at radius 2 is 1.81 bits per heavy atom. The van der Waals surface area contributed by atoms with Crippen LogP contribution in [0.4, 0.5) is 5.69 Å². The number of rotatable bonds is 4. The molecule has 0 radical (unpaired) electrons. The Labute approximate surface area is 193 Å². The van der Waals surface area contributed by atoms with E-state index in [1.807, 2.05) is 6.07 Å². The lowest BCUT2D eigenvalue weighted by Crippen LogP contribution is -2.48. The molecule has 2 atom stereocenters. The zero-order valence-electron chi connectivity index (χ0n) is 16.9. The number of benzene rings is 1. The summed E-state index contributed by atoms with van der Waals surface area (Å²) in [6.07, 6.45) is 0.878. The van der Waals surface area contributed by atoms with E-state index in [9.17, 15) is 18.0 Å². The Hall–Kier alpha value is -2.69. The number of nitrogens with zero attached hydrogens (tertiary/aromatic N) is 2. The summed E-state index contributed by atoms with van der Waals surface area (Å²) in [5.41, 5.74) is 1.33. The molecule has 2 aliphatic rings. The molecule has 2 unspecified atom stereocenters. The van der Waals surface area contributed by atoms with Crippen LogP contribution in [0.1, 0.15) is 28.6 Å². The van der Waals surface area contributed by atoms with Gasteiger partial charge in [-0.1, -0.05) is 6.07 Å². The minimum atomic E-state index is -3.70. The van der Waals surface area contributed by atoms with Crippen molar-refractivity contribution in [1.82, 2.24) is 8.87 Å². The molecule has 2 bridgehead atoms. The highest BCUT2D eigenvalue weighted by atomic mass is 79.9. The molecular weight excluding hydrogens is 498 g/mol. The SMILES string of the molecule is O=C(Nc1ccc(S(=O)(=O)N2CC3CC(C2)c2cccc(=O)n2C3)cc1)c1ccc(Br)o1. The molecule has 3 aromatic rings. The molecule has 8 nitrogen and oxygen atoms in total. The summed E-state index contributed by atoms with van der Waals surface area (Å²) in [7, 11) is -3.70. The fraction of sp³-hybridized carbons (Fsp3) is 0.273. The fourth-order valence-corrected chi connectivity index (χ4v) is 6.41. The molecule has 0 saturated carbocycles. The number of anilines is 1. The van der Waals surface area contributed by atoms with Crippen LogP contribution in [0.3, 0.4) is 0 Å². The van der Waals surface area contributed by atoms with Crippen molar-refractivity contribution in [1.29, 1.82) is 0 Å². The van der Waals surface area contributed by atoms with E-state index in [1.54, 1.807) is 34.9 Å². The Bertz CT molecular complexity index is 1350. The van der Waals surface area contributed by atoms with Gasteiger partial charge in [-0.05, 0) is 70.7 Å². The number of halogens is 1. The number of piperidine rings is 1. The second-order valence-electron chi connectivity index (χ2n) is 8.10. The lowest BCUT2D eigenvalue weighted by Gasteiger charge is -2.42. The number of carbonyl (C=O) groups excluding carboxylic acids is 1. The van der Waals surface area contributed by atoms with Gasteiger partial charge in [-0.15, -0.1) is 0 Å². The second-order valence-corrected chi connectivity index (χ2v) is 10.8. The molecule has 166 valence electrons. The molecule has 1 saturated heterocycles. The third-order valence-corrected chi connectivity index (χ3v) is 8.27. The first-order valence-corrected chi connectivity index (χ1v) is 12.4. The first-order chi connectivity index (χ1) is 15.3. The molecule has 1 fully saturated rings. The third kappa shape index (κ3) is 3.82. The number of aromatic nitrogens is 1. The van der Waals surface area contributed by atoms with Crippen LogP contribution in [-0.2, 0) is 16.6 Å². The van der Waals surface area contributed by atoms with Gasteiger partial charge in [-0.3, -0.25) is 9.59 Å². The lowest BCUT2D eigenvalue weighted by molar-refractivity contribution is 0.0995. The molecular formula is C22H20BrN3O5S. The first-order valence-electron chi connectivity index (χ1n) is 10.2. The monoisotopic (exact) mass is 517 g/mol. The van der Waals surface area contributed by atoms with Crippen molar-refractivity contribution in [3.8, 4) is 0 Å². The van der Waals surface area contributed by atoms with Crippen molar-refractivity contribution >= 4 is 37.5 Å². The lowest BCUT2D eigenvalue weighted by atomic mass is 9.84. The van der Waals surface area contributed by atoms with Crippen LogP contribution in [0.25, 0.3) is 0 Å². The van der Waals surface area contributed by atoms with Gasteiger partial charge in [0.25, 0.3) is 11.5 Å². The topological polar surface area (TPSA) is 102 Å². The molecule has 10 heteroatoms. The molecule has 4 heterocycles. The average Bonchev–Trinajstić information content (AvgIpc) is 3.21. The summed E-state index contributed by atoms with van der Waals surface area (Å²) in [5, 5.41) is 2.68. The number of furan rings is 1. The third-order valence-electron chi connectivity index (χ3n) is 5.99. The Kier molecular flexibility index (Phi) is 5.31. The maximum absolute atomic E-state index is 13.3. The van der Waals surface area contributed by atoms with Gasteiger partial charge >= 0.3 is 0 Å². The van der Waals surface area contributed by atoms with Crippen molar-refractivity contribution in [3.63, 3.8) is 0 Å². The van der Waals surface area contributed by atoms with E-state index >= 15 is 0 Å². The summed E-state index contributed by atoms with van der Waals surface area (Å²) in [5.74, 6) is -0.184. The van der Waals surface area contributed by atoms with Crippen LogP contribution in [0.2, 0.25) is 0 Å². The van der Waals surface area contributed by atoms with Crippen molar-refractivity contribution < 1.29 is 17.6 Å². The number of fused-ring (bicyclic) bond motifs is 4. The molecule has 2 aliphatic heterocycles. The summed E-state index contributed by atoms with van der Waals surface area (Å²) >= 11 is 3.15. The van der Waals surface area contributed by atoms with Gasteiger partial charge < -0.3 is 14.3 Å². The Balaban J connectivity index is 1.34. The highest BCUT2D eigenvalue weighted by Crippen LogP contribution is 2.37. The quantitative estimate of drug-likeness (QED) is 0.572. The van der Waals surface area contributed by atoms with Gasteiger partial charge in [0.05, 0.1) is 4.90 Å². The highest BCUT2D eigenvalue weighted by molar-refractivity contribution is 9.10. The Morgan fingerprint density at radius 1 is 1.03 bits per heavy atom. The molecule has 2 aromatic heterocycles. The Morgan fingerprint density at radius 3 is 2.53 bits per heavy atom. The molecule has 0 spiro atoms. The summed E-state index contributed by atoms with van der Waals surface area (Å²) in [6, 6.07) is 14.4. The van der Waals surface area contributed by atoms with Crippen LogP contribution < -0.4 is 10.9 Å². The minimum absolute atomic E-state index is 0.00245. The van der Waals surface area contributed by atoms with Gasteiger partial charge in [0.15, 0.2) is 10.4 Å². The van der Waals surface area contributed by atoms with E-state index in [0.29, 0.717) is 30.0 Å². The van der Waals surface area contributed by atoms with Gasteiger partial charge in [-0.25, -0.2) is 8.42 Å². The van der Waals surface area contributed by atoms with Gasteiger partial charge in [0.1, 0.15) is 0 Å². The van der Waals surface area contributed by atoms with Crippen LogP contribution in [0.5, 0.6) is 0 Å². The molecule has 5 rings (SSSR count). The average molecular weight is 518 g/mol. The molecule has 1 N–H and O–H groups in total. The number of sulfonamides is 1. The van der Waals surface area contributed by atoms with Crippen LogP contribution in [0, 0.1) is 5.92 Å².